The number of carboxylic acids is 1. The number of nitrogens with one attached hydrogen (secondary N) is 1. The number of ether oxygens (including phenoxy) is 1. The van der Waals surface area contributed by atoms with Crippen LogP contribution in [0.2, 0.25) is 0 Å². The third kappa shape index (κ3) is 4.35. The number of rotatable bonds is 8. The highest BCUT2D eigenvalue weighted by Crippen LogP contribution is 2.21. The van der Waals surface area contributed by atoms with E-state index in [2.05, 4.69) is 5.32 Å². The van der Waals surface area contributed by atoms with Gasteiger partial charge >= 0.3 is 5.97 Å². The van der Waals surface area contributed by atoms with E-state index < -0.39 is 11.5 Å². The molecule has 0 radical (unpaired) electrons. The summed E-state index contributed by atoms with van der Waals surface area (Å²) in [5.74, 6) is -1.43. The smallest absolute Gasteiger partial charge is 0.333 e. The van der Waals surface area contributed by atoms with Gasteiger partial charge in [-0.1, -0.05) is 37.3 Å². The van der Waals surface area contributed by atoms with Gasteiger partial charge in [0, 0.05) is 13.0 Å². The fourth-order valence-electron chi connectivity index (χ4n) is 1.77. The summed E-state index contributed by atoms with van der Waals surface area (Å²) in [5, 5.41) is 12.0. The Morgan fingerprint density at radius 2 is 1.90 bits per heavy atom. The maximum absolute atomic E-state index is 11.8. The van der Waals surface area contributed by atoms with Crippen LogP contribution in [0.1, 0.15) is 32.3 Å². The molecule has 0 aliphatic rings. The molecule has 0 aliphatic carbocycles. The summed E-state index contributed by atoms with van der Waals surface area (Å²) in [6, 6.07) is 8.65. The molecule has 1 atom stereocenters. The van der Waals surface area contributed by atoms with Gasteiger partial charge in [-0.2, -0.15) is 0 Å². The first-order chi connectivity index (χ1) is 9.50. The lowest BCUT2D eigenvalue weighted by atomic mass is 9.92. The molecule has 0 aliphatic heterocycles. The average molecular weight is 279 g/mol. The maximum Gasteiger partial charge on any atom is 0.333 e. The van der Waals surface area contributed by atoms with Crippen molar-refractivity contribution in [2.24, 2.45) is 0 Å². The van der Waals surface area contributed by atoms with Gasteiger partial charge in [0.1, 0.15) is 0 Å². The molecule has 1 aromatic carbocycles. The number of aliphatic carboxylic acids is 1. The summed E-state index contributed by atoms with van der Waals surface area (Å²) in [5.41, 5.74) is -0.890. The Morgan fingerprint density at radius 1 is 1.25 bits per heavy atom. The molecule has 0 bridgehead atoms. The largest absolute Gasteiger partial charge is 0.479 e. The average Bonchev–Trinajstić information content (AvgIpc) is 2.44. The van der Waals surface area contributed by atoms with Crippen molar-refractivity contribution < 1.29 is 19.4 Å². The lowest BCUT2D eigenvalue weighted by Gasteiger charge is -2.26. The highest BCUT2D eigenvalue weighted by molar-refractivity contribution is 5.87. The van der Waals surface area contributed by atoms with Gasteiger partial charge in [0.15, 0.2) is 5.54 Å². The molecular formula is C15H21NO4. The van der Waals surface area contributed by atoms with Crippen molar-refractivity contribution in [2.45, 2.75) is 32.2 Å². The van der Waals surface area contributed by atoms with Crippen LogP contribution in [0, 0.1) is 0 Å². The Kier molecular flexibility index (Phi) is 6.18. The summed E-state index contributed by atoms with van der Waals surface area (Å²) in [6.07, 6.45) is 1.04. The van der Waals surface area contributed by atoms with E-state index in [4.69, 9.17) is 4.74 Å². The van der Waals surface area contributed by atoms with E-state index in [1.54, 1.807) is 30.3 Å². The second-order valence-corrected chi connectivity index (χ2v) is 4.71. The molecule has 2 N–H and O–H groups in total. The van der Waals surface area contributed by atoms with Crippen molar-refractivity contribution in [3.63, 3.8) is 0 Å². The normalized spacial score (nSPS) is 13.5. The Bertz CT molecular complexity index is 446. The molecule has 1 rings (SSSR count). The summed E-state index contributed by atoms with van der Waals surface area (Å²) >= 11 is 0. The van der Waals surface area contributed by atoms with Crippen LogP contribution in [-0.2, 0) is 19.9 Å². The highest BCUT2D eigenvalue weighted by Gasteiger charge is 2.36. The molecule has 1 unspecified atom stereocenters. The Morgan fingerprint density at radius 3 is 2.45 bits per heavy atom. The fourth-order valence-corrected chi connectivity index (χ4v) is 1.77. The Hall–Kier alpha value is -1.88. The SMILES string of the molecule is CCCOCCC(=O)NC(C)(C(=O)O)c1ccccc1. The lowest BCUT2D eigenvalue weighted by molar-refractivity contribution is -0.147. The zero-order valence-corrected chi connectivity index (χ0v) is 11.9. The van der Waals surface area contributed by atoms with Gasteiger partial charge in [-0.25, -0.2) is 4.79 Å². The van der Waals surface area contributed by atoms with Gasteiger partial charge in [-0.15, -0.1) is 0 Å². The third-order valence-electron chi connectivity index (χ3n) is 2.99. The number of carbonyl (C=O) groups is 2. The van der Waals surface area contributed by atoms with Crippen LogP contribution in [0.15, 0.2) is 30.3 Å². The quantitative estimate of drug-likeness (QED) is 0.713. The minimum absolute atomic E-state index is 0.149. The molecule has 5 heteroatoms. The summed E-state index contributed by atoms with van der Waals surface area (Å²) in [4.78, 5) is 23.3. The van der Waals surface area contributed by atoms with Crippen molar-refractivity contribution >= 4 is 11.9 Å². The molecule has 0 saturated carbocycles. The third-order valence-corrected chi connectivity index (χ3v) is 2.99. The first-order valence-electron chi connectivity index (χ1n) is 6.68. The van der Waals surface area contributed by atoms with E-state index in [-0.39, 0.29) is 12.3 Å². The summed E-state index contributed by atoms with van der Waals surface area (Å²) in [7, 11) is 0. The number of benzene rings is 1. The standard InChI is InChI=1S/C15H21NO4/c1-3-10-20-11-9-13(17)16-15(2,14(18)19)12-7-5-4-6-8-12/h4-8H,3,9-11H2,1-2H3,(H,16,17)(H,18,19). The van der Waals surface area contributed by atoms with Crippen LogP contribution in [0.5, 0.6) is 0 Å². The maximum atomic E-state index is 11.8. The van der Waals surface area contributed by atoms with Gasteiger partial charge in [-0.3, -0.25) is 4.79 Å². The van der Waals surface area contributed by atoms with Crippen molar-refractivity contribution in [1.82, 2.24) is 5.32 Å². The Balaban J connectivity index is 2.68. The molecule has 0 aromatic heterocycles. The van der Waals surface area contributed by atoms with Crippen molar-refractivity contribution in [2.75, 3.05) is 13.2 Å². The number of carbonyl (C=O) groups excluding carboxylic acids is 1. The molecule has 0 spiro atoms. The van der Waals surface area contributed by atoms with Gasteiger partial charge in [0.2, 0.25) is 5.91 Å². The van der Waals surface area contributed by atoms with Crippen LogP contribution in [0.4, 0.5) is 0 Å². The molecule has 110 valence electrons. The molecule has 1 amide bonds. The van der Waals surface area contributed by atoms with E-state index in [0.717, 1.165) is 6.42 Å². The highest BCUT2D eigenvalue weighted by atomic mass is 16.5. The van der Waals surface area contributed by atoms with Crippen molar-refractivity contribution in [3.8, 4) is 0 Å². The number of carboxylic acid groups (broad SMARTS) is 1. The summed E-state index contributed by atoms with van der Waals surface area (Å²) in [6.45, 7) is 4.36. The van der Waals surface area contributed by atoms with E-state index in [9.17, 15) is 14.7 Å². The summed E-state index contributed by atoms with van der Waals surface area (Å²) < 4.78 is 5.23. The molecule has 0 fully saturated rings. The first kappa shape index (κ1) is 16.2. The second kappa shape index (κ2) is 7.65. The number of amides is 1. The van der Waals surface area contributed by atoms with Crippen LogP contribution in [-0.4, -0.2) is 30.2 Å². The van der Waals surface area contributed by atoms with Gasteiger partial charge in [-0.05, 0) is 18.9 Å². The molecule has 1 aromatic rings. The van der Waals surface area contributed by atoms with Crippen molar-refractivity contribution in [1.29, 1.82) is 0 Å². The van der Waals surface area contributed by atoms with Crippen LogP contribution in [0.25, 0.3) is 0 Å². The number of hydrogen-bond donors (Lipinski definition) is 2. The molecule has 0 saturated heterocycles. The molecular weight excluding hydrogens is 258 g/mol. The van der Waals surface area contributed by atoms with E-state index >= 15 is 0 Å². The van der Waals surface area contributed by atoms with Crippen LogP contribution in [0.3, 0.4) is 0 Å². The minimum Gasteiger partial charge on any atom is -0.479 e. The predicted molar refractivity (Wildman–Crippen MR) is 75.3 cm³/mol. The number of hydrogen-bond acceptors (Lipinski definition) is 3. The fraction of sp³-hybridized carbons (Fsp3) is 0.467. The second-order valence-electron chi connectivity index (χ2n) is 4.71. The minimum atomic E-state index is -1.43. The first-order valence-corrected chi connectivity index (χ1v) is 6.68. The predicted octanol–water partition coefficient (Wildman–Crippen LogP) is 1.92. The molecule has 20 heavy (non-hydrogen) atoms. The Labute approximate surface area is 118 Å². The topological polar surface area (TPSA) is 75.6 Å². The monoisotopic (exact) mass is 279 g/mol. The van der Waals surface area contributed by atoms with E-state index in [1.807, 2.05) is 6.92 Å². The van der Waals surface area contributed by atoms with Crippen LogP contribution < -0.4 is 5.32 Å². The van der Waals surface area contributed by atoms with Gasteiger partial charge in [0.25, 0.3) is 0 Å². The van der Waals surface area contributed by atoms with Gasteiger partial charge in [0.05, 0.1) is 6.61 Å². The van der Waals surface area contributed by atoms with E-state index in [0.29, 0.717) is 18.8 Å². The van der Waals surface area contributed by atoms with Crippen molar-refractivity contribution in [3.05, 3.63) is 35.9 Å². The molecule has 5 nitrogen and oxygen atoms in total. The van der Waals surface area contributed by atoms with Crippen LogP contribution >= 0.6 is 0 Å². The lowest BCUT2D eigenvalue weighted by Crippen LogP contribution is -2.49. The zero-order valence-electron chi connectivity index (χ0n) is 11.9. The molecule has 0 heterocycles. The van der Waals surface area contributed by atoms with Gasteiger partial charge < -0.3 is 15.2 Å². The van der Waals surface area contributed by atoms with E-state index in [1.165, 1.54) is 6.92 Å². The zero-order chi connectivity index (χ0) is 15.0.